The van der Waals surface area contributed by atoms with Gasteiger partial charge in [-0.1, -0.05) is 0 Å². The van der Waals surface area contributed by atoms with E-state index in [1.54, 1.807) is 6.20 Å². The molecule has 2 aromatic rings. The summed E-state index contributed by atoms with van der Waals surface area (Å²) in [4.78, 5) is 21.6. The number of rotatable bonds is 4. The standard InChI is InChI=1S/C11H13BrN6O3/c12-7-5-14-18-9(7)15-11(17-1-3-21-4-2-17)16-10(18)13-6-8(19)20/h5H,1-4,6H2,(H,19,20)(H,13,15,16). The summed E-state index contributed by atoms with van der Waals surface area (Å²) in [6, 6.07) is 0. The minimum absolute atomic E-state index is 0.244. The molecule has 0 aliphatic carbocycles. The number of ether oxygens (including phenoxy) is 1. The number of nitrogens with zero attached hydrogens (tertiary/aromatic N) is 5. The fourth-order valence-corrected chi connectivity index (χ4v) is 2.36. The van der Waals surface area contributed by atoms with Gasteiger partial charge in [0.05, 0.1) is 23.9 Å². The number of nitrogens with one attached hydrogen (secondary N) is 1. The van der Waals surface area contributed by atoms with E-state index in [0.29, 0.717) is 43.8 Å². The normalized spacial score (nSPS) is 15.4. The average molecular weight is 357 g/mol. The van der Waals surface area contributed by atoms with Crippen molar-refractivity contribution < 1.29 is 14.6 Å². The van der Waals surface area contributed by atoms with Gasteiger partial charge in [0.15, 0.2) is 5.65 Å². The van der Waals surface area contributed by atoms with Crippen molar-refractivity contribution in [2.75, 3.05) is 43.1 Å². The molecular formula is C11H13BrN6O3. The third-order valence-electron chi connectivity index (χ3n) is 3.00. The van der Waals surface area contributed by atoms with Gasteiger partial charge in [-0.15, -0.1) is 0 Å². The maximum absolute atomic E-state index is 10.7. The Hall–Kier alpha value is -1.94. The lowest BCUT2D eigenvalue weighted by atomic mass is 10.4. The molecule has 1 fully saturated rings. The van der Waals surface area contributed by atoms with Gasteiger partial charge < -0.3 is 20.1 Å². The number of fused-ring (bicyclic) bond motifs is 1. The van der Waals surface area contributed by atoms with Crippen molar-refractivity contribution in [3.63, 3.8) is 0 Å². The summed E-state index contributed by atoms with van der Waals surface area (Å²) in [5, 5.41) is 15.7. The maximum Gasteiger partial charge on any atom is 0.322 e. The molecule has 0 unspecified atom stereocenters. The van der Waals surface area contributed by atoms with Crippen LogP contribution in [0.15, 0.2) is 10.7 Å². The Bertz CT molecular complexity index is 669. The van der Waals surface area contributed by atoms with Crippen molar-refractivity contribution in [1.29, 1.82) is 0 Å². The number of carboxylic acid groups (broad SMARTS) is 1. The van der Waals surface area contributed by atoms with E-state index in [-0.39, 0.29) is 6.54 Å². The highest BCUT2D eigenvalue weighted by molar-refractivity contribution is 9.10. The average Bonchev–Trinajstić information content (AvgIpc) is 2.87. The lowest BCUT2D eigenvalue weighted by Gasteiger charge is -2.27. The molecule has 3 rings (SSSR count). The van der Waals surface area contributed by atoms with Crippen LogP contribution in [0.1, 0.15) is 0 Å². The monoisotopic (exact) mass is 356 g/mol. The molecule has 2 aromatic heterocycles. The topological polar surface area (TPSA) is 105 Å². The molecule has 21 heavy (non-hydrogen) atoms. The first-order chi connectivity index (χ1) is 10.1. The number of morpholine rings is 1. The van der Waals surface area contributed by atoms with Crippen LogP contribution in [0.2, 0.25) is 0 Å². The SMILES string of the molecule is O=C(O)CNc1nc(N2CCOCC2)nc2c(Br)cnn12. The van der Waals surface area contributed by atoms with E-state index in [1.807, 2.05) is 4.90 Å². The number of hydrogen-bond donors (Lipinski definition) is 2. The van der Waals surface area contributed by atoms with Crippen LogP contribution < -0.4 is 10.2 Å². The maximum atomic E-state index is 10.7. The highest BCUT2D eigenvalue weighted by atomic mass is 79.9. The smallest absolute Gasteiger partial charge is 0.322 e. The first kappa shape index (κ1) is 14.0. The van der Waals surface area contributed by atoms with E-state index < -0.39 is 5.97 Å². The van der Waals surface area contributed by atoms with Crippen LogP contribution in [0.4, 0.5) is 11.9 Å². The number of carbonyl (C=O) groups is 1. The van der Waals surface area contributed by atoms with Crippen LogP contribution in [0, 0.1) is 0 Å². The van der Waals surface area contributed by atoms with Gasteiger partial charge in [-0.05, 0) is 15.9 Å². The molecule has 0 spiro atoms. The second-order valence-electron chi connectivity index (χ2n) is 4.42. The Morgan fingerprint density at radius 3 is 2.90 bits per heavy atom. The molecule has 0 amide bonds. The molecule has 112 valence electrons. The van der Waals surface area contributed by atoms with E-state index in [2.05, 4.69) is 36.3 Å². The number of halogens is 1. The predicted molar refractivity (Wildman–Crippen MR) is 77.6 cm³/mol. The summed E-state index contributed by atoms with van der Waals surface area (Å²) in [6.45, 7) is 2.38. The highest BCUT2D eigenvalue weighted by Crippen LogP contribution is 2.21. The van der Waals surface area contributed by atoms with Gasteiger partial charge in [-0.25, -0.2) is 0 Å². The van der Waals surface area contributed by atoms with Crippen LogP contribution in [0.3, 0.4) is 0 Å². The van der Waals surface area contributed by atoms with Crippen LogP contribution in [-0.2, 0) is 9.53 Å². The van der Waals surface area contributed by atoms with Gasteiger partial charge in [0.25, 0.3) is 0 Å². The number of carboxylic acids is 1. The van der Waals surface area contributed by atoms with Gasteiger partial charge in [0.1, 0.15) is 6.54 Å². The van der Waals surface area contributed by atoms with Gasteiger partial charge in [-0.2, -0.15) is 19.6 Å². The third kappa shape index (κ3) is 2.90. The molecule has 0 atom stereocenters. The zero-order valence-corrected chi connectivity index (χ0v) is 12.6. The number of aromatic nitrogens is 4. The number of anilines is 2. The van der Waals surface area contributed by atoms with Gasteiger partial charge in [0, 0.05) is 13.1 Å². The molecule has 0 radical (unpaired) electrons. The molecule has 1 aliphatic heterocycles. The lowest BCUT2D eigenvalue weighted by molar-refractivity contribution is -0.134. The van der Waals surface area contributed by atoms with Crippen molar-refractivity contribution in [2.24, 2.45) is 0 Å². The van der Waals surface area contributed by atoms with Gasteiger partial charge >= 0.3 is 5.97 Å². The lowest BCUT2D eigenvalue weighted by Crippen LogP contribution is -2.37. The molecule has 1 saturated heterocycles. The fraction of sp³-hybridized carbons (Fsp3) is 0.455. The molecule has 0 saturated carbocycles. The Kier molecular flexibility index (Phi) is 3.88. The van der Waals surface area contributed by atoms with E-state index in [4.69, 9.17) is 9.84 Å². The molecule has 2 N–H and O–H groups in total. The second kappa shape index (κ2) is 5.82. The summed E-state index contributed by atoms with van der Waals surface area (Å²) in [7, 11) is 0. The summed E-state index contributed by atoms with van der Waals surface area (Å²) < 4.78 is 7.50. The Morgan fingerprint density at radius 2 is 2.19 bits per heavy atom. The molecule has 9 nitrogen and oxygen atoms in total. The summed E-state index contributed by atoms with van der Waals surface area (Å²) in [5.41, 5.74) is 0.583. The van der Waals surface area contributed by atoms with Crippen molar-refractivity contribution in [3.8, 4) is 0 Å². The van der Waals surface area contributed by atoms with Crippen LogP contribution in [0.5, 0.6) is 0 Å². The minimum Gasteiger partial charge on any atom is -0.480 e. The van der Waals surface area contributed by atoms with Crippen LogP contribution in [0.25, 0.3) is 5.65 Å². The summed E-state index contributed by atoms with van der Waals surface area (Å²) in [6.07, 6.45) is 1.60. The number of aliphatic carboxylic acids is 1. The fourth-order valence-electron chi connectivity index (χ4n) is 2.01. The summed E-state index contributed by atoms with van der Waals surface area (Å²) >= 11 is 3.38. The van der Waals surface area contributed by atoms with E-state index >= 15 is 0 Å². The van der Waals surface area contributed by atoms with Gasteiger partial charge in [0.2, 0.25) is 11.9 Å². The van der Waals surface area contributed by atoms with Crippen molar-refractivity contribution in [3.05, 3.63) is 10.7 Å². The van der Waals surface area contributed by atoms with Crippen molar-refractivity contribution in [1.82, 2.24) is 19.6 Å². The molecular weight excluding hydrogens is 344 g/mol. The van der Waals surface area contributed by atoms with Crippen molar-refractivity contribution >= 4 is 39.4 Å². The van der Waals surface area contributed by atoms with Crippen molar-refractivity contribution in [2.45, 2.75) is 0 Å². The predicted octanol–water partition coefficient (Wildman–Crippen LogP) is 0.220. The molecule has 1 aliphatic rings. The minimum atomic E-state index is -0.971. The largest absolute Gasteiger partial charge is 0.480 e. The Balaban J connectivity index is 2.00. The number of hydrogen-bond acceptors (Lipinski definition) is 7. The molecule has 0 aromatic carbocycles. The van der Waals surface area contributed by atoms with E-state index in [1.165, 1.54) is 4.52 Å². The van der Waals surface area contributed by atoms with Gasteiger partial charge in [-0.3, -0.25) is 4.79 Å². The van der Waals surface area contributed by atoms with Crippen LogP contribution >= 0.6 is 15.9 Å². The molecule has 3 heterocycles. The quantitative estimate of drug-likeness (QED) is 0.801. The highest BCUT2D eigenvalue weighted by Gasteiger charge is 2.18. The Morgan fingerprint density at radius 1 is 1.43 bits per heavy atom. The molecule has 10 heteroatoms. The second-order valence-corrected chi connectivity index (χ2v) is 5.28. The summed E-state index contributed by atoms with van der Waals surface area (Å²) in [5.74, 6) is -0.101. The first-order valence-electron chi connectivity index (χ1n) is 6.35. The first-order valence-corrected chi connectivity index (χ1v) is 7.14. The molecule has 0 bridgehead atoms. The van der Waals surface area contributed by atoms with E-state index in [9.17, 15) is 4.79 Å². The van der Waals surface area contributed by atoms with Crippen LogP contribution in [-0.4, -0.2) is 63.5 Å². The zero-order valence-electron chi connectivity index (χ0n) is 11.0. The zero-order chi connectivity index (χ0) is 14.8. The van der Waals surface area contributed by atoms with E-state index in [0.717, 1.165) is 4.47 Å². The third-order valence-corrected chi connectivity index (χ3v) is 3.56. The Labute approximate surface area is 128 Å².